The molecule has 0 spiro atoms. The Hall–Kier alpha value is -1.61. The lowest BCUT2D eigenvalue weighted by molar-refractivity contribution is 0.0910. The van der Waals surface area contributed by atoms with Crippen molar-refractivity contribution in [2.24, 2.45) is 5.92 Å². The first-order valence-electron chi connectivity index (χ1n) is 8.78. The van der Waals surface area contributed by atoms with Crippen molar-refractivity contribution in [2.75, 3.05) is 46.4 Å². The second-order valence-electron chi connectivity index (χ2n) is 6.84. The van der Waals surface area contributed by atoms with E-state index in [9.17, 15) is 5.11 Å². The Morgan fingerprint density at radius 1 is 1.42 bits per heavy atom. The number of likely N-dealkylation sites (tertiary alicyclic amines) is 1. The number of hydrogen-bond acceptors (Lipinski definition) is 5. The number of likely N-dealkylation sites (N-methyl/N-ethyl adjacent to an activating group) is 1. The molecule has 2 rings (SSSR count). The average Bonchev–Trinajstić information content (AvgIpc) is 2.56. The van der Waals surface area contributed by atoms with E-state index in [-0.39, 0.29) is 6.10 Å². The summed E-state index contributed by atoms with van der Waals surface area (Å²) in [6.45, 7) is 7.41. The Morgan fingerprint density at radius 2 is 2.17 bits per heavy atom. The molecule has 0 aliphatic carbocycles. The highest BCUT2D eigenvalue weighted by Gasteiger charge is 2.20. The van der Waals surface area contributed by atoms with E-state index in [1.807, 2.05) is 19.1 Å². The van der Waals surface area contributed by atoms with Crippen LogP contribution in [0.2, 0.25) is 0 Å². The molecule has 0 bridgehead atoms. The highest BCUT2D eigenvalue weighted by Crippen LogP contribution is 2.18. The normalized spacial score (nSPS) is 17.6. The summed E-state index contributed by atoms with van der Waals surface area (Å²) in [5, 5.41) is 18.4. The lowest BCUT2D eigenvalue weighted by atomic mass is 9.96. The van der Waals surface area contributed by atoms with Gasteiger partial charge < -0.3 is 19.6 Å². The van der Waals surface area contributed by atoms with Gasteiger partial charge >= 0.3 is 0 Å². The first-order valence-corrected chi connectivity index (χ1v) is 8.78. The zero-order chi connectivity index (χ0) is 17.4. The van der Waals surface area contributed by atoms with Gasteiger partial charge in [0.15, 0.2) is 0 Å². The van der Waals surface area contributed by atoms with Crippen molar-refractivity contribution < 1.29 is 9.84 Å². The Labute approximate surface area is 145 Å². The minimum atomic E-state index is -0.235. The molecule has 1 N–H and O–H groups in total. The second-order valence-corrected chi connectivity index (χ2v) is 6.84. The van der Waals surface area contributed by atoms with Crippen molar-refractivity contribution in [1.29, 1.82) is 5.26 Å². The molecule has 0 unspecified atom stereocenters. The lowest BCUT2D eigenvalue weighted by Crippen LogP contribution is -2.41. The van der Waals surface area contributed by atoms with E-state index >= 15 is 0 Å². The van der Waals surface area contributed by atoms with Crippen LogP contribution in [0.4, 0.5) is 0 Å². The monoisotopic (exact) mass is 331 g/mol. The molecule has 0 amide bonds. The number of aliphatic hydroxyl groups excluding tert-OH is 1. The fourth-order valence-electron chi connectivity index (χ4n) is 3.23. The van der Waals surface area contributed by atoms with Crippen LogP contribution in [-0.4, -0.2) is 67.4 Å². The van der Waals surface area contributed by atoms with Gasteiger partial charge in [0.1, 0.15) is 12.4 Å². The highest BCUT2D eigenvalue weighted by atomic mass is 16.5. The van der Waals surface area contributed by atoms with E-state index in [0.717, 1.165) is 44.4 Å². The highest BCUT2D eigenvalue weighted by molar-refractivity contribution is 5.36. The summed E-state index contributed by atoms with van der Waals surface area (Å²) in [5.74, 6) is 1.48. The van der Waals surface area contributed by atoms with Gasteiger partial charge in [0.05, 0.1) is 17.7 Å². The third-order valence-electron chi connectivity index (χ3n) is 4.50. The number of aliphatic hydroxyl groups is 1. The fourth-order valence-corrected chi connectivity index (χ4v) is 3.23. The van der Waals surface area contributed by atoms with Crippen molar-refractivity contribution in [1.82, 2.24) is 9.80 Å². The molecule has 1 aromatic rings. The van der Waals surface area contributed by atoms with Gasteiger partial charge in [-0.2, -0.15) is 5.26 Å². The van der Waals surface area contributed by atoms with Gasteiger partial charge in [-0.25, -0.2) is 0 Å². The van der Waals surface area contributed by atoms with E-state index in [1.54, 1.807) is 12.1 Å². The fraction of sp³-hybridized carbons (Fsp3) is 0.632. The third kappa shape index (κ3) is 6.48. The maximum Gasteiger partial charge on any atom is 0.120 e. The maximum absolute atomic E-state index is 9.46. The molecule has 5 heteroatoms. The number of hydrogen-bond donors (Lipinski definition) is 1. The molecular weight excluding hydrogens is 302 g/mol. The predicted molar refractivity (Wildman–Crippen MR) is 95.0 cm³/mol. The Morgan fingerprint density at radius 3 is 2.83 bits per heavy atom. The Kier molecular flexibility index (Phi) is 7.51. The van der Waals surface area contributed by atoms with Crippen molar-refractivity contribution >= 4 is 0 Å². The molecule has 132 valence electrons. The number of β-amino-alcohol motifs (C(OH)–C–C–N with tert-alkyl or cyclic N) is 1. The summed E-state index contributed by atoms with van der Waals surface area (Å²) in [6.07, 6.45) is 2.16. The summed E-state index contributed by atoms with van der Waals surface area (Å²) in [5.41, 5.74) is 0.629. The van der Waals surface area contributed by atoms with Crippen LogP contribution in [0.1, 0.15) is 25.3 Å². The largest absolute Gasteiger partial charge is 0.492 e. The quantitative estimate of drug-likeness (QED) is 0.789. The molecule has 24 heavy (non-hydrogen) atoms. The standard InChI is InChI=1S/C19H29N3O2/c1-16(23)14-22-8-6-17(7-9-22)15-21(2)10-11-24-19-5-3-4-18(12-19)13-20/h3-5,12,16-17,23H,6-11,14-15H2,1-2H3/t16-/m1/s1. The molecular formula is C19H29N3O2. The maximum atomic E-state index is 9.46. The number of benzene rings is 1. The summed E-state index contributed by atoms with van der Waals surface area (Å²) in [7, 11) is 2.14. The third-order valence-corrected chi connectivity index (χ3v) is 4.50. The molecule has 0 aromatic heterocycles. The summed E-state index contributed by atoms with van der Waals surface area (Å²) >= 11 is 0. The van der Waals surface area contributed by atoms with Crippen LogP contribution >= 0.6 is 0 Å². The number of nitrogens with zero attached hydrogens (tertiary/aromatic N) is 3. The summed E-state index contributed by atoms with van der Waals surface area (Å²) in [6, 6.07) is 9.42. The molecule has 1 saturated heterocycles. The van der Waals surface area contributed by atoms with Crippen molar-refractivity contribution in [3.63, 3.8) is 0 Å². The number of ether oxygens (including phenoxy) is 1. The van der Waals surface area contributed by atoms with Crippen molar-refractivity contribution in [3.8, 4) is 11.8 Å². The van der Waals surface area contributed by atoms with Gasteiger partial charge in [0, 0.05) is 19.6 Å². The van der Waals surface area contributed by atoms with Crippen LogP contribution in [0.3, 0.4) is 0 Å². The van der Waals surface area contributed by atoms with Crippen LogP contribution in [0.15, 0.2) is 24.3 Å². The molecule has 1 aliphatic heterocycles. The van der Waals surface area contributed by atoms with Crippen LogP contribution < -0.4 is 4.74 Å². The summed E-state index contributed by atoms with van der Waals surface area (Å²) < 4.78 is 5.74. The Balaban J connectivity index is 1.63. The van der Waals surface area contributed by atoms with E-state index in [0.29, 0.717) is 12.2 Å². The van der Waals surface area contributed by atoms with E-state index in [2.05, 4.69) is 22.9 Å². The number of piperidine rings is 1. The van der Waals surface area contributed by atoms with Gasteiger partial charge in [0.25, 0.3) is 0 Å². The van der Waals surface area contributed by atoms with Crippen molar-refractivity contribution in [2.45, 2.75) is 25.9 Å². The molecule has 1 fully saturated rings. The van der Waals surface area contributed by atoms with Crippen LogP contribution in [0.5, 0.6) is 5.75 Å². The minimum Gasteiger partial charge on any atom is -0.492 e. The SMILES string of the molecule is C[C@@H](O)CN1CCC(CN(C)CCOc2cccc(C#N)c2)CC1. The van der Waals surface area contributed by atoms with E-state index < -0.39 is 0 Å². The minimum absolute atomic E-state index is 0.235. The van der Waals surface area contributed by atoms with Crippen LogP contribution in [0.25, 0.3) is 0 Å². The van der Waals surface area contributed by atoms with Gasteiger partial charge in [-0.15, -0.1) is 0 Å². The average molecular weight is 331 g/mol. The molecule has 5 nitrogen and oxygen atoms in total. The number of rotatable bonds is 8. The zero-order valence-electron chi connectivity index (χ0n) is 14.8. The lowest BCUT2D eigenvalue weighted by Gasteiger charge is -2.34. The molecule has 1 aliphatic rings. The second kappa shape index (κ2) is 9.63. The molecule has 1 aromatic carbocycles. The topological polar surface area (TPSA) is 59.7 Å². The van der Waals surface area contributed by atoms with Crippen molar-refractivity contribution in [3.05, 3.63) is 29.8 Å². The van der Waals surface area contributed by atoms with Gasteiger partial charge in [-0.3, -0.25) is 0 Å². The predicted octanol–water partition coefficient (Wildman–Crippen LogP) is 1.96. The Bertz CT molecular complexity index is 534. The molecule has 0 radical (unpaired) electrons. The van der Waals surface area contributed by atoms with Crippen LogP contribution in [-0.2, 0) is 0 Å². The van der Waals surface area contributed by atoms with E-state index in [4.69, 9.17) is 10.00 Å². The zero-order valence-corrected chi connectivity index (χ0v) is 14.8. The smallest absolute Gasteiger partial charge is 0.120 e. The van der Waals surface area contributed by atoms with Gasteiger partial charge in [0.2, 0.25) is 0 Å². The molecule has 1 atom stereocenters. The molecule has 0 saturated carbocycles. The first kappa shape index (κ1) is 18.7. The van der Waals surface area contributed by atoms with Gasteiger partial charge in [-0.1, -0.05) is 6.07 Å². The van der Waals surface area contributed by atoms with Crippen LogP contribution in [0, 0.1) is 17.2 Å². The van der Waals surface area contributed by atoms with Gasteiger partial charge in [-0.05, 0) is 64.0 Å². The van der Waals surface area contributed by atoms with E-state index in [1.165, 1.54) is 12.8 Å². The number of nitriles is 1. The summed E-state index contributed by atoms with van der Waals surface area (Å²) in [4.78, 5) is 4.68. The molecule has 1 heterocycles. The first-order chi connectivity index (χ1) is 11.6.